The molecule has 0 saturated carbocycles. The van der Waals surface area contributed by atoms with Crippen LogP contribution in [0, 0.1) is 0 Å². The molecule has 1 atom stereocenters. The molecule has 3 heterocycles. The van der Waals surface area contributed by atoms with Crippen LogP contribution in [0.1, 0.15) is 36.5 Å². The molecule has 4 aromatic rings. The first-order valence-electron chi connectivity index (χ1n) is 9.96. The highest BCUT2D eigenvalue weighted by Gasteiger charge is 2.14. The highest BCUT2D eigenvalue weighted by molar-refractivity contribution is 7.13. The molecule has 158 valence electrons. The SMILES string of the molecule is CC(NC(=O)CCc1nc(-c2cccs2)no1)c1cccc(OCc2ccccn2)c1. The van der Waals surface area contributed by atoms with Crippen LogP contribution in [-0.4, -0.2) is 21.0 Å². The van der Waals surface area contributed by atoms with E-state index in [1.807, 2.05) is 66.9 Å². The van der Waals surface area contributed by atoms with Crippen molar-refractivity contribution in [3.05, 3.63) is 83.3 Å². The third-order valence-corrected chi connectivity index (χ3v) is 5.49. The van der Waals surface area contributed by atoms with Crippen LogP contribution in [0.5, 0.6) is 5.75 Å². The van der Waals surface area contributed by atoms with Gasteiger partial charge >= 0.3 is 0 Å². The number of ether oxygens (including phenoxy) is 1. The molecule has 1 unspecified atom stereocenters. The summed E-state index contributed by atoms with van der Waals surface area (Å²) in [6.07, 6.45) is 2.40. The fraction of sp³-hybridized carbons (Fsp3) is 0.217. The molecule has 0 spiro atoms. The zero-order valence-corrected chi connectivity index (χ0v) is 17.8. The van der Waals surface area contributed by atoms with Crippen LogP contribution in [0.4, 0.5) is 0 Å². The van der Waals surface area contributed by atoms with E-state index in [9.17, 15) is 4.79 Å². The predicted octanol–water partition coefficient (Wildman–Crippen LogP) is 4.58. The van der Waals surface area contributed by atoms with E-state index >= 15 is 0 Å². The lowest BCUT2D eigenvalue weighted by molar-refractivity contribution is -0.121. The van der Waals surface area contributed by atoms with Gasteiger partial charge < -0.3 is 14.6 Å². The van der Waals surface area contributed by atoms with Gasteiger partial charge in [0.05, 0.1) is 16.6 Å². The molecule has 0 aliphatic heterocycles. The molecule has 0 bridgehead atoms. The monoisotopic (exact) mass is 434 g/mol. The lowest BCUT2D eigenvalue weighted by Crippen LogP contribution is -2.26. The van der Waals surface area contributed by atoms with Crippen molar-refractivity contribution in [2.75, 3.05) is 0 Å². The zero-order chi connectivity index (χ0) is 21.5. The maximum atomic E-state index is 12.4. The van der Waals surface area contributed by atoms with Crippen LogP contribution < -0.4 is 10.1 Å². The summed E-state index contributed by atoms with van der Waals surface area (Å²) in [5.74, 6) is 1.66. The standard InChI is InChI=1S/C23H22N4O3S/c1-16(17-6-4-8-19(14-17)29-15-18-7-2-3-12-24-18)25-21(28)10-11-22-26-23(27-30-22)20-9-5-13-31-20/h2-9,12-14,16H,10-11,15H2,1H3,(H,25,28). The molecular formula is C23H22N4O3S. The van der Waals surface area contributed by atoms with Gasteiger partial charge in [-0.3, -0.25) is 9.78 Å². The van der Waals surface area contributed by atoms with Gasteiger partial charge in [0.2, 0.25) is 17.6 Å². The number of carbonyl (C=O) groups is 1. The number of nitrogens with one attached hydrogen (secondary N) is 1. The van der Waals surface area contributed by atoms with E-state index in [1.54, 1.807) is 17.5 Å². The molecule has 1 aromatic carbocycles. The van der Waals surface area contributed by atoms with E-state index in [4.69, 9.17) is 9.26 Å². The molecule has 1 N–H and O–H groups in total. The minimum Gasteiger partial charge on any atom is -0.487 e. The van der Waals surface area contributed by atoms with Crippen molar-refractivity contribution in [1.29, 1.82) is 0 Å². The van der Waals surface area contributed by atoms with Crippen molar-refractivity contribution in [3.63, 3.8) is 0 Å². The third-order valence-electron chi connectivity index (χ3n) is 4.62. The summed E-state index contributed by atoms with van der Waals surface area (Å²) in [6.45, 7) is 2.33. The number of aryl methyl sites for hydroxylation is 1. The number of thiophene rings is 1. The largest absolute Gasteiger partial charge is 0.487 e. The highest BCUT2D eigenvalue weighted by Crippen LogP contribution is 2.22. The average molecular weight is 435 g/mol. The van der Waals surface area contributed by atoms with E-state index < -0.39 is 0 Å². The number of aromatic nitrogens is 3. The van der Waals surface area contributed by atoms with E-state index in [1.165, 1.54) is 0 Å². The van der Waals surface area contributed by atoms with Gasteiger partial charge in [0, 0.05) is 19.0 Å². The molecule has 0 aliphatic rings. The predicted molar refractivity (Wildman–Crippen MR) is 118 cm³/mol. The Bertz CT molecular complexity index is 1110. The van der Waals surface area contributed by atoms with Crippen LogP contribution in [-0.2, 0) is 17.8 Å². The van der Waals surface area contributed by atoms with E-state index in [-0.39, 0.29) is 18.4 Å². The molecule has 8 heteroatoms. The number of carbonyl (C=O) groups excluding carboxylic acids is 1. The topological polar surface area (TPSA) is 90.1 Å². The van der Waals surface area contributed by atoms with Crippen LogP contribution in [0.15, 0.2) is 70.7 Å². The van der Waals surface area contributed by atoms with Crippen LogP contribution in [0.3, 0.4) is 0 Å². The minimum absolute atomic E-state index is 0.0804. The van der Waals surface area contributed by atoms with E-state index in [2.05, 4.69) is 20.4 Å². The Morgan fingerprint density at radius 1 is 1.19 bits per heavy atom. The van der Waals surface area contributed by atoms with Crippen molar-refractivity contribution in [3.8, 4) is 16.5 Å². The van der Waals surface area contributed by atoms with Crippen LogP contribution in [0.25, 0.3) is 10.7 Å². The van der Waals surface area contributed by atoms with Gasteiger partial charge in [-0.05, 0) is 48.2 Å². The van der Waals surface area contributed by atoms with Gasteiger partial charge in [-0.25, -0.2) is 0 Å². The zero-order valence-electron chi connectivity index (χ0n) is 17.0. The fourth-order valence-electron chi connectivity index (χ4n) is 2.99. The van der Waals surface area contributed by atoms with Crippen LogP contribution >= 0.6 is 11.3 Å². The third kappa shape index (κ3) is 5.76. The maximum absolute atomic E-state index is 12.4. The van der Waals surface area contributed by atoms with Gasteiger partial charge in [-0.1, -0.05) is 29.4 Å². The minimum atomic E-state index is -0.157. The highest BCUT2D eigenvalue weighted by atomic mass is 32.1. The Morgan fingerprint density at radius 2 is 2.13 bits per heavy atom. The van der Waals surface area contributed by atoms with E-state index in [0.717, 1.165) is 21.9 Å². The Kier molecular flexibility index (Phi) is 6.68. The van der Waals surface area contributed by atoms with Crippen molar-refractivity contribution in [2.45, 2.75) is 32.4 Å². The smallest absolute Gasteiger partial charge is 0.227 e. The molecule has 0 aliphatic carbocycles. The van der Waals surface area contributed by atoms with Crippen molar-refractivity contribution >= 4 is 17.2 Å². The number of hydrogen-bond donors (Lipinski definition) is 1. The molecule has 31 heavy (non-hydrogen) atoms. The van der Waals surface area contributed by atoms with E-state index in [0.29, 0.717) is 24.7 Å². The second kappa shape index (κ2) is 9.99. The first-order valence-corrected chi connectivity index (χ1v) is 10.8. The second-order valence-corrected chi connectivity index (χ2v) is 7.91. The first kappa shape index (κ1) is 20.7. The summed E-state index contributed by atoms with van der Waals surface area (Å²) in [5.41, 5.74) is 1.82. The maximum Gasteiger partial charge on any atom is 0.227 e. The van der Waals surface area contributed by atoms with Gasteiger partial charge in [0.15, 0.2) is 0 Å². The van der Waals surface area contributed by atoms with Gasteiger partial charge in [-0.15, -0.1) is 11.3 Å². The molecule has 4 rings (SSSR count). The Morgan fingerprint density at radius 3 is 2.94 bits per heavy atom. The Balaban J connectivity index is 1.27. The van der Waals surface area contributed by atoms with Gasteiger partial charge in [0.25, 0.3) is 0 Å². The number of benzene rings is 1. The van der Waals surface area contributed by atoms with Crippen molar-refractivity contribution in [2.24, 2.45) is 0 Å². The molecular weight excluding hydrogens is 412 g/mol. The number of hydrogen-bond acceptors (Lipinski definition) is 7. The number of nitrogens with zero attached hydrogens (tertiary/aromatic N) is 3. The second-order valence-electron chi connectivity index (χ2n) is 6.96. The normalized spacial score (nSPS) is 11.8. The molecule has 7 nitrogen and oxygen atoms in total. The van der Waals surface area contributed by atoms with Gasteiger partial charge in [0.1, 0.15) is 12.4 Å². The molecule has 0 fully saturated rings. The molecule has 0 saturated heterocycles. The number of rotatable bonds is 9. The van der Waals surface area contributed by atoms with Gasteiger partial charge in [-0.2, -0.15) is 4.98 Å². The first-order chi connectivity index (χ1) is 15.2. The Labute approximate surface area is 184 Å². The van der Waals surface area contributed by atoms with Crippen LogP contribution in [0.2, 0.25) is 0 Å². The van der Waals surface area contributed by atoms with Crippen molar-refractivity contribution < 1.29 is 14.1 Å². The summed E-state index contributed by atoms with van der Waals surface area (Å²) < 4.78 is 11.1. The molecule has 0 radical (unpaired) electrons. The summed E-state index contributed by atoms with van der Waals surface area (Å²) in [7, 11) is 0. The number of amides is 1. The molecule has 3 aromatic heterocycles. The number of pyridine rings is 1. The van der Waals surface area contributed by atoms with Crippen molar-refractivity contribution in [1.82, 2.24) is 20.4 Å². The fourth-order valence-corrected chi connectivity index (χ4v) is 3.64. The average Bonchev–Trinajstić information content (AvgIpc) is 3.49. The summed E-state index contributed by atoms with van der Waals surface area (Å²) in [6, 6.07) is 17.1. The summed E-state index contributed by atoms with van der Waals surface area (Å²) in [4.78, 5) is 21.9. The lowest BCUT2D eigenvalue weighted by Gasteiger charge is -2.15. The summed E-state index contributed by atoms with van der Waals surface area (Å²) >= 11 is 1.54. The summed E-state index contributed by atoms with van der Waals surface area (Å²) in [5, 5.41) is 8.93. The molecule has 1 amide bonds. The Hall–Kier alpha value is -3.52. The quantitative estimate of drug-likeness (QED) is 0.415. The lowest BCUT2D eigenvalue weighted by atomic mass is 10.1.